The van der Waals surface area contributed by atoms with E-state index in [4.69, 9.17) is 25.8 Å². The van der Waals surface area contributed by atoms with Crippen molar-refractivity contribution < 1.29 is 33.4 Å². The molecule has 1 aliphatic heterocycles. The number of carbonyl (C=O) groups excluding carboxylic acids is 4. The minimum absolute atomic E-state index is 0.0270. The van der Waals surface area contributed by atoms with Gasteiger partial charge in [-0.15, -0.1) is 0 Å². The summed E-state index contributed by atoms with van der Waals surface area (Å²) in [5.41, 5.74) is 1.32. The van der Waals surface area contributed by atoms with E-state index in [-0.39, 0.29) is 37.6 Å². The normalized spacial score (nSPS) is 23.5. The van der Waals surface area contributed by atoms with Crippen molar-refractivity contribution in [3.05, 3.63) is 71.3 Å². The van der Waals surface area contributed by atoms with Crippen molar-refractivity contribution in [3.63, 3.8) is 0 Å². The van der Waals surface area contributed by atoms with Crippen LogP contribution in [0.1, 0.15) is 51.8 Å². The number of methoxy groups -OCH3 is 1. The molecule has 1 aromatic carbocycles. The lowest BCUT2D eigenvalue weighted by atomic mass is 9.99. The number of cyclic esters (lactones) is 2. The van der Waals surface area contributed by atoms with E-state index in [1.54, 1.807) is 55.9 Å². The van der Waals surface area contributed by atoms with Crippen LogP contribution in [-0.4, -0.2) is 65.6 Å². The third-order valence-corrected chi connectivity index (χ3v) is 7.42. The summed E-state index contributed by atoms with van der Waals surface area (Å²) in [6.07, 6.45) is 9.95. The van der Waals surface area contributed by atoms with Crippen LogP contribution in [0.4, 0.5) is 0 Å². The number of carbonyl (C=O) groups is 4. The van der Waals surface area contributed by atoms with E-state index in [9.17, 15) is 19.2 Å². The first kappa shape index (κ1) is 35.2. The minimum Gasteiger partial charge on any atom is -0.495 e. The Labute approximate surface area is 268 Å². The second kappa shape index (κ2) is 17.3. The zero-order chi connectivity index (χ0) is 32.9. The van der Waals surface area contributed by atoms with Gasteiger partial charge in [-0.05, 0) is 42.2 Å². The van der Waals surface area contributed by atoms with E-state index in [0.29, 0.717) is 22.0 Å². The smallest absolute Gasteiger partial charge is 0.347 e. The Kier molecular flexibility index (Phi) is 13.5. The highest BCUT2D eigenvalue weighted by molar-refractivity contribution is 6.32. The fourth-order valence-corrected chi connectivity index (χ4v) is 4.79. The summed E-state index contributed by atoms with van der Waals surface area (Å²) in [5.74, 6) is -2.92. The van der Waals surface area contributed by atoms with Gasteiger partial charge in [-0.3, -0.25) is 24.4 Å². The molecule has 242 valence electrons. The fourth-order valence-electron chi connectivity index (χ4n) is 4.51. The molecule has 0 saturated heterocycles. The van der Waals surface area contributed by atoms with Crippen LogP contribution >= 0.6 is 11.6 Å². The second-order valence-electron chi connectivity index (χ2n) is 11.4. The summed E-state index contributed by atoms with van der Waals surface area (Å²) < 4.78 is 16.7. The van der Waals surface area contributed by atoms with Gasteiger partial charge in [-0.1, -0.05) is 57.5 Å². The number of aromatic nitrogens is 2. The number of hydrogen-bond acceptors (Lipinski definition) is 9. The van der Waals surface area contributed by atoms with Gasteiger partial charge in [0, 0.05) is 37.7 Å². The van der Waals surface area contributed by atoms with Gasteiger partial charge in [0.1, 0.15) is 17.9 Å². The predicted octanol–water partition coefficient (Wildman–Crippen LogP) is 4.10. The molecule has 0 bridgehead atoms. The molecule has 45 heavy (non-hydrogen) atoms. The monoisotopic (exact) mass is 640 g/mol. The molecular weight excluding hydrogens is 600 g/mol. The lowest BCUT2D eigenvalue weighted by molar-refractivity contribution is -0.175. The molecule has 0 fully saturated rings. The van der Waals surface area contributed by atoms with Crippen LogP contribution in [-0.2, 0) is 35.1 Å². The summed E-state index contributed by atoms with van der Waals surface area (Å²) >= 11 is 6.28. The molecule has 2 aromatic rings. The first-order valence-electron chi connectivity index (χ1n) is 14.9. The van der Waals surface area contributed by atoms with Crippen molar-refractivity contribution in [2.24, 2.45) is 17.8 Å². The van der Waals surface area contributed by atoms with Gasteiger partial charge < -0.3 is 24.8 Å². The Hall–Kier alpha value is -4.25. The highest BCUT2D eigenvalue weighted by atomic mass is 35.5. The van der Waals surface area contributed by atoms with Crippen molar-refractivity contribution in [3.8, 4) is 5.75 Å². The van der Waals surface area contributed by atoms with Gasteiger partial charge >= 0.3 is 11.9 Å². The number of rotatable bonds is 8. The van der Waals surface area contributed by atoms with E-state index >= 15 is 0 Å². The average molecular weight is 641 g/mol. The number of benzene rings is 1. The lowest BCUT2D eigenvalue weighted by Crippen LogP contribution is -2.49. The van der Waals surface area contributed by atoms with Crippen molar-refractivity contribution in [2.75, 3.05) is 13.7 Å². The Balaban J connectivity index is 1.89. The predicted molar refractivity (Wildman–Crippen MR) is 169 cm³/mol. The molecule has 0 aliphatic carbocycles. The molecule has 5 atom stereocenters. The topological polar surface area (TPSA) is 146 Å². The molecule has 0 unspecified atom stereocenters. The van der Waals surface area contributed by atoms with Crippen molar-refractivity contribution in [2.45, 2.75) is 65.2 Å². The van der Waals surface area contributed by atoms with Crippen molar-refractivity contribution in [1.82, 2.24) is 20.6 Å². The van der Waals surface area contributed by atoms with E-state index < -0.39 is 47.9 Å². The molecule has 0 spiro atoms. The molecule has 0 radical (unpaired) electrons. The first-order valence-corrected chi connectivity index (χ1v) is 15.3. The number of esters is 2. The first-order chi connectivity index (χ1) is 21.5. The molecule has 2 heterocycles. The second-order valence-corrected chi connectivity index (χ2v) is 11.8. The van der Waals surface area contributed by atoms with Gasteiger partial charge in [0.05, 0.1) is 29.9 Å². The quantitative estimate of drug-likeness (QED) is 0.407. The van der Waals surface area contributed by atoms with Gasteiger partial charge in [-0.2, -0.15) is 0 Å². The number of nitrogens with zero attached hydrogens (tertiary/aromatic N) is 2. The molecule has 2 amide bonds. The number of hydrogen-bond donors (Lipinski definition) is 2. The Bertz CT molecular complexity index is 1380. The van der Waals surface area contributed by atoms with Crippen LogP contribution in [0.15, 0.2) is 55.0 Å². The SMILES string of the molecule is COc1ccc(C[C@H]2NC(=O)/C=C\C[C@@H]([C@H](C)/C=C/c3cnccn3)OC(=O)[C@H](CC(C)C)OC(=O)[C@H](C)CNC2=O)cc1Cl. The fraction of sp³-hybridized carbons (Fsp3) is 0.455. The molecule has 12 heteroatoms. The Morgan fingerprint density at radius 2 is 1.89 bits per heavy atom. The standard InChI is InChI=1S/C33H41ClN4O7/c1-20(2)15-29-33(42)44-27(21(3)9-11-24-19-35-13-14-36-24)7-6-8-30(39)38-26(31(40)37-18-22(4)32(41)45-29)17-23-10-12-28(43-5)25(34)16-23/h6,8-14,16,19-22,26-27,29H,7,15,17-18H2,1-5H3,(H,37,40)(H,38,39)/b8-6-,11-9+/t21-,22-,26-,27+,29+/m1/s1. The maximum Gasteiger partial charge on any atom is 0.347 e. The number of ether oxygens (including phenoxy) is 3. The minimum atomic E-state index is -1.14. The maximum atomic E-state index is 13.3. The summed E-state index contributed by atoms with van der Waals surface area (Å²) in [7, 11) is 1.50. The van der Waals surface area contributed by atoms with Crippen LogP contribution in [0.5, 0.6) is 5.75 Å². The molecule has 0 saturated carbocycles. The average Bonchev–Trinajstić information content (AvgIpc) is 3.01. The zero-order valence-electron chi connectivity index (χ0n) is 26.2. The highest BCUT2D eigenvalue weighted by Gasteiger charge is 2.31. The van der Waals surface area contributed by atoms with Crippen molar-refractivity contribution in [1.29, 1.82) is 0 Å². The lowest BCUT2D eigenvalue weighted by Gasteiger charge is -2.26. The largest absolute Gasteiger partial charge is 0.495 e. The summed E-state index contributed by atoms with van der Waals surface area (Å²) in [6.45, 7) is 7.20. The Morgan fingerprint density at radius 3 is 2.56 bits per heavy atom. The van der Waals surface area contributed by atoms with Crippen LogP contribution < -0.4 is 15.4 Å². The molecule has 1 aliphatic rings. The van der Waals surface area contributed by atoms with E-state index in [0.717, 1.165) is 0 Å². The van der Waals surface area contributed by atoms with Gasteiger partial charge in [0.25, 0.3) is 0 Å². The van der Waals surface area contributed by atoms with E-state index in [1.165, 1.54) is 13.2 Å². The van der Waals surface area contributed by atoms with Crippen molar-refractivity contribution >= 4 is 41.4 Å². The molecule has 11 nitrogen and oxygen atoms in total. The number of halogens is 1. The van der Waals surface area contributed by atoms with Crippen LogP contribution in [0.2, 0.25) is 5.02 Å². The van der Waals surface area contributed by atoms with E-state index in [1.807, 2.05) is 26.8 Å². The summed E-state index contributed by atoms with van der Waals surface area (Å²) in [4.78, 5) is 60.9. The van der Waals surface area contributed by atoms with Crippen LogP contribution in [0.3, 0.4) is 0 Å². The zero-order valence-corrected chi connectivity index (χ0v) is 27.0. The molecule has 1 aromatic heterocycles. The molecule has 2 N–H and O–H groups in total. The third-order valence-electron chi connectivity index (χ3n) is 7.13. The van der Waals surface area contributed by atoms with E-state index in [2.05, 4.69) is 20.6 Å². The van der Waals surface area contributed by atoms with Gasteiger partial charge in [0.15, 0.2) is 6.10 Å². The summed E-state index contributed by atoms with van der Waals surface area (Å²) in [6, 6.07) is 4.12. The molecular formula is C33H41ClN4O7. The van der Waals surface area contributed by atoms with Crippen LogP contribution in [0, 0.1) is 17.8 Å². The van der Waals surface area contributed by atoms with Gasteiger partial charge in [-0.25, -0.2) is 4.79 Å². The van der Waals surface area contributed by atoms with Crippen LogP contribution in [0.25, 0.3) is 6.08 Å². The van der Waals surface area contributed by atoms with Gasteiger partial charge in [0.2, 0.25) is 11.8 Å². The maximum absolute atomic E-state index is 13.3. The highest BCUT2D eigenvalue weighted by Crippen LogP contribution is 2.25. The Morgan fingerprint density at radius 1 is 1.11 bits per heavy atom. The summed E-state index contributed by atoms with van der Waals surface area (Å²) in [5, 5.41) is 5.82. The number of nitrogens with one attached hydrogen (secondary N) is 2. The molecule has 3 rings (SSSR count). The third kappa shape index (κ3) is 11.3. The number of amides is 2.